The minimum absolute atomic E-state index is 0.0519. The molecule has 1 saturated heterocycles. The van der Waals surface area contributed by atoms with Gasteiger partial charge in [0.05, 0.1) is 23.0 Å². The van der Waals surface area contributed by atoms with Crippen molar-refractivity contribution in [2.75, 3.05) is 13.1 Å². The summed E-state index contributed by atoms with van der Waals surface area (Å²) in [4.78, 5) is 19.7. The van der Waals surface area contributed by atoms with Gasteiger partial charge in [0.1, 0.15) is 11.4 Å². The highest BCUT2D eigenvalue weighted by molar-refractivity contribution is 6.06. The lowest BCUT2D eigenvalue weighted by atomic mass is 9.81. The van der Waals surface area contributed by atoms with Crippen molar-refractivity contribution in [2.45, 2.75) is 18.4 Å². The van der Waals surface area contributed by atoms with Gasteiger partial charge in [-0.15, -0.1) is 0 Å². The number of fused-ring (bicyclic) bond motifs is 5. The van der Waals surface area contributed by atoms with E-state index in [1.54, 1.807) is 6.20 Å². The van der Waals surface area contributed by atoms with Crippen molar-refractivity contribution in [1.82, 2.24) is 19.7 Å². The molecule has 2 aromatic carbocycles. The van der Waals surface area contributed by atoms with Crippen molar-refractivity contribution in [3.8, 4) is 17.0 Å². The number of nitrogens with zero attached hydrogens (tertiary/aromatic N) is 4. The molecule has 1 spiro atoms. The van der Waals surface area contributed by atoms with E-state index in [4.69, 9.17) is 4.74 Å². The van der Waals surface area contributed by atoms with E-state index in [1.165, 1.54) is 0 Å². The second-order valence-corrected chi connectivity index (χ2v) is 8.29. The van der Waals surface area contributed by atoms with Crippen LogP contribution in [-0.2, 0) is 12.6 Å². The molecular formula is C25H22N4O2. The Morgan fingerprint density at radius 1 is 1.03 bits per heavy atom. The Balaban J connectivity index is 1.31. The van der Waals surface area contributed by atoms with Gasteiger partial charge in [-0.1, -0.05) is 30.3 Å². The molecule has 0 saturated carbocycles. The van der Waals surface area contributed by atoms with Gasteiger partial charge >= 0.3 is 0 Å². The monoisotopic (exact) mass is 410 g/mol. The van der Waals surface area contributed by atoms with Crippen LogP contribution >= 0.6 is 0 Å². The number of hydrogen-bond donors (Lipinski definition) is 0. The summed E-state index contributed by atoms with van der Waals surface area (Å²) in [7, 11) is 1.97. The normalized spacial score (nSPS) is 16.6. The zero-order chi connectivity index (χ0) is 21.0. The maximum atomic E-state index is 13.4. The molecule has 0 bridgehead atoms. The van der Waals surface area contributed by atoms with E-state index < -0.39 is 5.60 Å². The van der Waals surface area contributed by atoms with Gasteiger partial charge in [0, 0.05) is 55.7 Å². The van der Waals surface area contributed by atoms with Crippen LogP contribution in [-0.4, -0.2) is 38.7 Å². The SMILES string of the molecule is Cn1ncc2c1-c1ccccc1OC21CCN(C(=O)c2ccnc3ccccc23)CC1. The number of carbonyl (C=O) groups is 1. The smallest absolute Gasteiger partial charge is 0.254 e. The summed E-state index contributed by atoms with van der Waals surface area (Å²) in [6.07, 6.45) is 5.10. The van der Waals surface area contributed by atoms with Crippen LogP contribution in [0, 0.1) is 0 Å². The molecule has 0 atom stereocenters. The lowest BCUT2D eigenvalue weighted by Gasteiger charge is -2.44. The molecule has 2 aliphatic rings. The Bertz CT molecular complexity index is 1310. The van der Waals surface area contributed by atoms with E-state index in [0.717, 1.165) is 46.3 Å². The van der Waals surface area contributed by atoms with Crippen molar-refractivity contribution in [1.29, 1.82) is 0 Å². The van der Waals surface area contributed by atoms with Crippen molar-refractivity contribution in [2.24, 2.45) is 7.05 Å². The fraction of sp³-hybridized carbons (Fsp3) is 0.240. The second-order valence-electron chi connectivity index (χ2n) is 8.29. The molecule has 6 rings (SSSR count). The molecule has 0 unspecified atom stereocenters. The van der Waals surface area contributed by atoms with E-state index in [1.807, 2.05) is 71.4 Å². The maximum Gasteiger partial charge on any atom is 0.254 e. The Hall–Kier alpha value is -3.67. The Morgan fingerprint density at radius 3 is 2.68 bits per heavy atom. The predicted molar refractivity (Wildman–Crippen MR) is 118 cm³/mol. The van der Waals surface area contributed by atoms with Crippen LogP contribution in [0.1, 0.15) is 28.8 Å². The third kappa shape index (κ3) is 2.68. The number of piperidine rings is 1. The summed E-state index contributed by atoms with van der Waals surface area (Å²) in [5, 5.41) is 5.43. The molecular weight excluding hydrogens is 388 g/mol. The van der Waals surface area contributed by atoms with Crippen LogP contribution in [0.25, 0.3) is 22.2 Å². The van der Waals surface area contributed by atoms with Crippen LogP contribution in [0.2, 0.25) is 0 Å². The van der Waals surface area contributed by atoms with Crippen LogP contribution in [0.3, 0.4) is 0 Å². The number of aryl methyl sites for hydroxylation is 1. The standard InChI is InChI=1S/C25H22N4O2/c1-28-23-19-7-3-5-9-22(19)31-25(20(23)16-27-28)11-14-29(15-12-25)24(30)18-10-13-26-21-8-4-2-6-17(18)21/h2-10,13,16H,11-12,14-15H2,1H3. The summed E-state index contributed by atoms with van der Waals surface area (Å²) in [5.74, 6) is 0.939. The number of para-hydroxylation sites is 2. The summed E-state index contributed by atoms with van der Waals surface area (Å²) in [5.41, 5.74) is 4.41. The molecule has 31 heavy (non-hydrogen) atoms. The fourth-order valence-corrected chi connectivity index (χ4v) is 5.00. The lowest BCUT2D eigenvalue weighted by Crippen LogP contribution is -2.49. The summed E-state index contributed by atoms with van der Waals surface area (Å²) in [6, 6.07) is 17.7. The molecule has 154 valence electrons. The zero-order valence-corrected chi connectivity index (χ0v) is 17.3. The Labute approximate surface area is 180 Å². The minimum atomic E-state index is -0.449. The number of benzene rings is 2. The van der Waals surface area contributed by atoms with Gasteiger partial charge < -0.3 is 9.64 Å². The average molecular weight is 410 g/mol. The number of hydrogen-bond acceptors (Lipinski definition) is 4. The van der Waals surface area contributed by atoms with Crippen LogP contribution in [0.4, 0.5) is 0 Å². The number of ether oxygens (including phenoxy) is 1. The Kier molecular flexibility index (Phi) is 3.90. The predicted octanol–water partition coefficient (Wildman–Crippen LogP) is 4.16. The first kappa shape index (κ1) is 18.1. The number of amides is 1. The first-order chi connectivity index (χ1) is 15.2. The van der Waals surface area contributed by atoms with Gasteiger partial charge in [-0.05, 0) is 24.3 Å². The molecule has 1 fully saturated rings. The van der Waals surface area contributed by atoms with E-state index in [9.17, 15) is 4.79 Å². The Morgan fingerprint density at radius 2 is 1.81 bits per heavy atom. The highest BCUT2D eigenvalue weighted by Gasteiger charge is 2.45. The van der Waals surface area contributed by atoms with Gasteiger partial charge in [-0.25, -0.2) is 0 Å². The highest BCUT2D eigenvalue weighted by atomic mass is 16.5. The molecule has 1 amide bonds. The van der Waals surface area contributed by atoms with Crippen molar-refractivity contribution in [3.63, 3.8) is 0 Å². The fourth-order valence-electron chi connectivity index (χ4n) is 5.00. The van der Waals surface area contributed by atoms with Crippen LogP contribution in [0.15, 0.2) is 67.0 Å². The average Bonchev–Trinajstić information content (AvgIpc) is 3.22. The number of pyridine rings is 1. The van der Waals surface area contributed by atoms with E-state index in [-0.39, 0.29) is 5.91 Å². The van der Waals surface area contributed by atoms with Gasteiger partial charge in [0.2, 0.25) is 0 Å². The molecule has 2 aliphatic heterocycles. The molecule has 0 radical (unpaired) electrons. The third-order valence-corrected chi connectivity index (χ3v) is 6.61. The maximum absolute atomic E-state index is 13.4. The number of aromatic nitrogens is 3. The highest BCUT2D eigenvalue weighted by Crippen LogP contribution is 2.49. The van der Waals surface area contributed by atoms with Crippen molar-refractivity contribution in [3.05, 3.63) is 78.1 Å². The summed E-state index contributed by atoms with van der Waals surface area (Å²) < 4.78 is 8.53. The van der Waals surface area contributed by atoms with Gasteiger partial charge in [-0.2, -0.15) is 5.10 Å². The lowest BCUT2D eigenvalue weighted by molar-refractivity contribution is -0.00166. The number of rotatable bonds is 1. The van der Waals surface area contributed by atoms with E-state index in [2.05, 4.69) is 16.1 Å². The van der Waals surface area contributed by atoms with Gasteiger partial charge in [-0.3, -0.25) is 14.5 Å². The number of carbonyl (C=O) groups excluding carboxylic acids is 1. The topological polar surface area (TPSA) is 60.2 Å². The zero-order valence-electron chi connectivity index (χ0n) is 17.3. The van der Waals surface area contributed by atoms with Crippen molar-refractivity contribution >= 4 is 16.8 Å². The second kappa shape index (κ2) is 6.67. The number of likely N-dealkylation sites (tertiary alicyclic amines) is 1. The van der Waals surface area contributed by atoms with Crippen molar-refractivity contribution < 1.29 is 9.53 Å². The van der Waals surface area contributed by atoms with Gasteiger partial charge in [0.25, 0.3) is 5.91 Å². The molecule has 6 nitrogen and oxygen atoms in total. The first-order valence-electron chi connectivity index (χ1n) is 10.6. The third-order valence-electron chi connectivity index (χ3n) is 6.61. The van der Waals surface area contributed by atoms with E-state index in [0.29, 0.717) is 18.7 Å². The molecule has 0 N–H and O–H groups in total. The molecule has 4 aromatic rings. The van der Waals surface area contributed by atoms with Gasteiger partial charge in [0.15, 0.2) is 0 Å². The van der Waals surface area contributed by atoms with Crippen LogP contribution in [0.5, 0.6) is 5.75 Å². The summed E-state index contributed by atoms with van der Waals surface area (Å²) >= 11 is 0. The van der Waals surface area contributed by atoms with E-state index >= 15 is 0 Å². The molecule has 2 aromatic heterocycles. The molecule has 0 aliphatic carbocycles. The first-order valence-corrected chi connectivity index (χ1v) is 10.6. The largest absolute Gasteiger partial charge is 0.482 e. The molecule has 4 heterocycles. The van der Waals surface area contributed by atoms with Crippen LogP contribution < -0.4 is 4.74 Å². The minimum Gasteiger partial charge on any atom is -0.482 e. The molecule has 6 heteroatoms. The summed E-state index contributed by atoms with van der Waals surface area (Å²) in [6.45, 7) is 1.26. The quantitative estimate of drug-likeness (QED) is 0.473.